The Morgan fingerprint density at radius 2 is 2.00 bits per heavy atom. The molecule has 4 rings (SSSR count). The van der Waals surface area contributed by atoms with Gasteiger partial charge >= 0.3 is 12.5 Å². The number of alkyl halides is 2. The number of hydrogen-bond acceptors (Lipinski definition) is 8. The molecule has 2 aromatic rings. The molecule has 11 nitrogen and oxygen atoms in total. The number of ether oxygens (including phenoxy) is 1. The van der Waals surface area contributed by atoms with Crippen molar-refractivity contribution in [2.45, 2.75) is 17.6 Å². The van der Waals surface area contributed by atoms with Crippen molar-refractivity contribution in [3.63, 3.8) is 0 Å². The molecule has 36 heavy (non-hydrogen) atoms. The van der Waals surface area contributed by atoms with Crippen molar-refractivity contribution in [2.75, 3.05) is 49.1 Å². The normalized spacial score (nSPS) is 19.3. The maximum atomic E-state index is 15.0. The number of halogens is 3. The Balaban J connectivity index is 1.41. The number of carbonyl (C=O) groups is 2. The standard InChI is InChI=1S/C21H22F3N5O6S/c22-16-11-14(28-13-15(35-21(28)31)12-26-20(30)19(23)24)4-5-17(16)27-7-8-29(34-10-9-27)36(32,33)18-3-1-2-6-25-18/h1-6,11,15,19H,7-10,12-13H2,(H,26,30)/t15-/m0/s1. The lowest BCUT2D eigenvalue weighted by Crippen LogP contribution is -2.37. The molecule has 0 radical (unpaired) electrons. The summed E-state index contributed by atoms with van der Waals surface area (Å²) in [7, 11) is -3.99. The third kappa shape index (κ3) is 5.52. The molecule has 3 heterocycles. The maximum absolute atomic E-state index is 15.0. The summed E-state index contributed by atoms with van der Waals surface area (Å²) < 4.78 is 71.1. The van der Waals surface area contributed by atoms with Gasteiger partial charge in [0.2, 0.25) is 0 Å². The fourth-order valence-corrected chi connectivity index (χ4v) is 4.90. The number of benzene rings is 1. The van der Waals surface area contributed by atoms with E-state index in [-0.39, 0.29) is 55.7 Å². The molecule has 2 aliphatic heterocycles. The van der Waals surface area contributed by atoms with Gasteiger partial charge in [-0.15, -0.1) is 0 Å². The average Bonchev–Trinajstić information content (AvgIpc) is 3.06. The number of hydroxylamine groups is 1. The van der Waals surface area contributed by atoms with Crippen LogP contribution in [0.3, 0.4) is 0 Å². The summed E-state index contributed by atoms with van der Waals surface area (Å²) in [6.45, 7) is -0.166. The van der Waals surface area contributed by atoms with Crippen molar-refractivity contribution in [3.05, 3.63) is 48.4 Å². The zero-order valence-corrected chi connectivity index (χ0v) is 19.5. The molecule has 0 spiro atoms. The molecule has 194 valence electrons. The van der Waals surface area contributed by atoms with Gasteiger partial charge in [0.15, 0.2) is 5.03 Å². The van der Waals surface area contributed by atoms with Crippen LogP contribution in [0.15, 0.2) is 47.6 Å². The van der Waals surface area contributed by atoms with Gasteiger partial charge in [0.25, 0.3) is 15.9 Å². The number of aromatic nitrogens is 1. The minimum atomic E-state index is -3.99. The smallest absolute Gasteiger partial charge is 0.414 e. The van der Waals surface area contributed by atoms with E-state index < -0.39 is 40.4 Å². The molecular weight excluding hydrogens is 507 g/mol. The third-order valence-electron chi connectivity index (χ3n) is 5.48. The van der Waals surface area contributed by atoms with Gasteiger partial charge in [-0.25, -0.2) is 22.6 Å². The van der Waals surface area contributed by atoms with Gasteiger partial charge in [0.05, 0.1) is 37.6 Å². The van der Waals surface area contributed by atoms with E-state index >= 15 is 4.39 Å². The maximum Gasteiger partial charge on any atom is 0.414 e. The molecule has 1 aromatic heterocycles. The molecule has 2 amide bonds. The quantitative estimate of drug-likeness (QED) is 0.571. The third-order valence-corrected chi connectivity index (χ3v) is 7.07. The monoisotopic (exact) mass is 529 g/mol. The van der Waals surface area contributed by atoms with Crippen LogP contribution in [0, 0.1) is 5.82 Å². The van der Waals surface area contributed by atoms with Crippen LogP contribution < -0.4 is 15.1 Å². The van der Waals surface area contributed by atoms with Crippen molar-refractivity contribution in [1.29, 1.82) is 0 Å². The summed E-state index contributed by atoms with van der Waals surface area (Å²) >= 11 is 0. The number of carbonyl (C=O) groups excluding carboxylic acids is 2. The Labute approximate surface area is 204 Å². The van der Waals surface area contributed by atoms with E-state index in [1.54, 1.807) is 17.0 Å². The molecule has 2 aliphatic rings. The molecule has 2 saturated heterocycles. The molecule has 15 heteroatoms. The molecule has 0 unspecified atom stereocenters. The number of anilines is 2. The first-order chi connectivity index (χ1) is 17.2. The van der Waals surface area contributed by atoms with Crippen molar-refractivity contribution >= 4 is 33.4 Å². The number of cyclic esters (lactones) is 1. The number of nitrogens with one attached hydrogen (secondary N) is 1. The van der Waals surface area contributed by atoms with Crippen LogP contribution in [0.1, 0.15) is 0 Å². The fraction of sp³-hybridized carbons (Fsp3) is 0.381. The second kappa shape index (κ2) is 10.7. The Kier molecular flexibility index (Phi) is 7.61. The second-order valence-corrected chi connectivity index (χ2v) is 9.59. The van der Waals surface area contributed by atoms with Gasteiger partial charge in [-0.05, 0) is 30.3 Å². The number of rotatable bonds is 7. The summed E-state index contributed by atoms with van der Waals surface area (Å²) in [5, 5.41) is 1.81. The van der Waals surface area contributed by atoms with E-state index in [0.29, 0.717) is 0 Å². The minimum absolute atomic E-state index is 0.0300. The highest BCUT2D eigenvalue weighted by atomic mass is 32.2. The van der Waals surface area contributed by atoms with E-state index in [2.05, 4.69) is 4.98 Å². The Hall–Kier alpha value is -3.43. The van der Waals surface area contributed by atoms with Crippen LogP contribution in [0.5, 0.6) is 0 Å². The van der Waals surface area contributed by atoms with Gasteiger partial charge in [-0.1, -0.05) is 10.5 Å². The molecule has 0 aliphatic carbocycles. The number of hydrogen-bond donors (Lipinski definition) is 1. The Morgan fingerprint density at radius 3 is 2.69 bits per heavy atom. The number of sulfonamides is 1. The molecule has 0 bridgehead atoms. The first kappa shape index (κ1) is 25.7. The van der Waals surface area contributed by atoms with Gasteiger partial charge in [0, 0.05) is 19.3 Å². The second-order valence-electron chi connectivity index (χ2n) is 7.82. The summed E-state index contributed by atoms with van der Waals surface area (Å²) in [6.07, 6.45) is -3.52. The van der Waals surface area contributed by atoms with E-state index in [9.17, 15) is 26.8 Å². The van der Waals surface area contributed by atoms with Gasteiger partial charge in [-0.3, -0.25) is 14.5 Å². The van der Waals surface area contributed by atoms with Crippen molar-refractivity contribution in [1.82, 2.24) is 14.8 Å². The summed E-state index contributed by atoms with van der Waals surface area (Å²) in [4.78, 5) is 35.2. The first-order valence-electron chi connectivity index (χ1n) is 10.8. The molecule has 0 saturated carbocycles. The SMILES string of the molecule is O=C(NC[C@H]1CN(c2ccc(N3CCON(S(=O)(=O)c4ccccn4)CC3)c(F)c2)C(=O)O1)C(F)F. The average molecular weight is 529 g/mol. The summed E-state index contributed by atoms with van der Waals surface area (Å²) in [6, 6.07) is 8.51. The summed E-state index contributed by atoms with van der Waals surface area (Å²) in [5.74, 6) is -2.15. The predicted molar refractivity (Wildman–Crippen MR) is 119 cm³/mol. The predicted octanol–water partition coefficient (Wildman–Crippen LogP) is 1.37. The van der Waals surface area contributed by atoms with Crippen LogP contribution >= 0.6 is 0 Å². The molecule has 1 aromatic carbocycles. The lowest BCUT2D eigenvalue weighted by molar-refractivity contribution is -0.132. The molecular formula is C21H22F3N5O6S. The number of nitrogens with zero attached hydrogens (tertiary/aromatic N) is 4. The molecule has 1 atom stereocenters. The topological polar surface area (TPSA) is 121 Å². The van der Waals surface area contributed by atoms with E-state index in [4.69, 9.17) is 9.57 Å². The Morgan fingerprint density at radius 1 is 1.19 bits per heavy atom. The number of amides is 2. The first-order valence-corrected chi connectivity index (χ1v) is 12.3. The molecule has 2 fully saturated rings. The highest BCUT2D eigenvalue weighted by Gasteiger charge is 2.34. The van der Waals surface area contributed by atoms with Crippen molar-refractivity contribution < 1.29 is 40.8 Å². The minimum Gasteiger partial charge on any atom is -0.442 e. The summed E-state index contributed by atoms with van der Waals surface area (Å²) in [5.41, 5.74) is 0.349. The van der Waals surface area contributed by atoms with Crippen molar-refractivity contribution in [3.8, 4) is 0 Å². The van der Waals surface area contributed by atoms with Crippen LogP contribution in [0.25, 0.3) is 0 Å². The highest BCUT2D eigenvalue weighted by molar-refractivity contribution is 7.88. The van der Waals surface area contributed by atoms with Crippen LogP contribution in [-0.4, -0.2) is 81.7 Å². The van der Waals surface area contributed by atoms with Crippen LogP contribution in [0.2, 0.25) is 0 Å². The zero-order valence-electron chi connectivity index (χ0n) is 18.7. The van der Waals surface area contributed by atoms with Gasteiger partial charge < -0.3 is 15.0 Å². The van der Waals surface area contributed by atoms with Crippen molar-refractivity contribution in [2.24, 2.45) is 0 Å². The highest BCUT2D eigenvalue weighted by Crippen LogP contribution is 2.29. The van der Waals surface area contributed by atoms with E-state index in [1.807, 2.05) is 5.32 Å². The lowest BCUT2D eigenvalue weighted by Gasteiger charge is -2.23. The van der Waals surface area contributed by atoms with E-state index in [0.717, 1.165) is 15.4 Å². The van der Waals surface area contributed by atoms with Gasteiger partial charge in [0.1, 0.15) is 11.9 Å². The largest absolute Gasteiger partial charge is 0.442 e. The fourth-order valence-electron chi connectivity index (χ4n) is 3.72. The van der Waals surface area contributed by atoms with Crippen LogP contribution in [0.4, 0.5) is 29.3 Å². The van der Waals surface area contributed by atoms with Gasteiger partial charge in [-0.2, -0.15) is 8.78 Å². The molecule has 1 N–H and O–H groups in total. The number of pyridine rings is 1. The lowest BCUT2D eigenvalue weighted by atomic mass is 10.2. The van der Waals surface area contributed by atoms with Crippen LogP contribution in [-0.2, 0) is 24.4 Å². The van der Waals surface area contributed by atoms with E-state index in [1.165, 1.54) is 24.4 Å². The Bertz CT molecular complexity index is 1220. The zero-order chi connectivity index (χ0) is 25.9.